The smallest absolute Gasteiger partial charge is 0.220 e. The summed E-state index contributed by atoms with van der Waals surface area (Å²) in [6, 6.07) is 0. The van der Waals surface area contributed by atoms with E-state index in [0.29, 0.717) is 12.8 Å². The summed E-state index contributed by atoms with van der Waals surface area (Å²) in [7, 11) is -0.637. The first-order chi connectivity index (χ1) is 29.2. The van der Waals surface area contributed by atoms with Gasteiger partial charge in [0.25, 0.3) is 0 Å². The van der Waals surface area contributed by atoms with Crippen LogP contribution >= 0.6 is 0 Å². The molecule has 11 heteroatoms. The molecule has 0 aliphatic carbocycles. The topological polar surface area (TPSA) is 138 Å². The number of carbonyl (C=O) groups is 2. The number of nitrogens with one attached hydrogen (secondary N) is 2. The third kappa shape index (κ3) is 54.8. The van der Waals surface area contributed by atoms with E-state index in [2.05, 4.69) is 66.3 Å². The van der Waals surface area contributed by atoms with E-state index in [-0.39, 0.29) is 11.8 Å². The minimum Gasteiger partial charge on any atom is -0.759 e. The number of quaternary nitrogens is 2. The molecule has 0 saturated heterocycles. The fourth-order valence-electron chi connectivity index (χ4n) is 7.50. The molecule has 2 N–H and O–H groups in total. The third-order valence-electron chi connectivity index (χ3n) is 13.0. The lowest BCUT2D eigenvalue weighted by molar-refractivity contribution is -0.904. The maximum Gasteiger partial charge on any atom is 0.220 e. The van der Waals surface area contributed by atoms with Gasteiger partial charge in [0.05, 0.1) is 66.5 Å². The molecule has 0 spiro atoms. The minimum atomic E-state index is -5.17. The molecule has 0 fully saturated rings. The molecule has 0 heterocycles. The first kappa shape index (κ1) is 64.0. The molecule has 0 aromatic heterocycles. The summed E-state index contributed by atoms with van der Waals surface area (Å²) in [6.45, 7) is 21.7. The second kappa shape index (κ2) is 46.7. The van der Waals surface area contributed by atoms with Crippen LogP contribution in [0.25, 0.3) is 0 Å². The van der Waals surface area contributed by atoms with Gasteiger partial charge >= 0.3 is 0 Å². The van der Waals surface area contributed by atoms with Gasteiger partial charge in [-0.3, -0.25) is 18.0 Å². The highest BCUT2D eigenvalue weighted by Gasteiger charge is 2.17. The average Bonchev–Trinajstić information content (AvgIpc) is 3.23. The predicted molar refractivity (Wildman–Crippen MR) is 260 cm³/mol. The van der Waals surface area contributed by atoms with Crippen LogP contribution in [0, 0.1) is 0 Å². The van der Waals surface area contributed by atoms with Crippen molar-refractivity contribution in [2.75, 3.05) is 66.5 Å². The normalized spacial score (nSPS) is 11.7. The molecule has 0 aromatic rings. The van der Waals surface area contributed by atoms with Gasteiger partial charge in [-0.05, 0) is 40.5 Å². The number of nitrogens with zero attached hydrogens (tertiary/aromatic N) is 2. The Morgan fingerprint density at radius 2 is 0.557 bits per heavy atom. The lowest BCUT2D eigenvalue weighted by Gasteiger charge is -2.32. The molecule has 368 valence electrons. The van der Waals surface area contributed by atoms with Gasteiger partial charge in [-0.2, -0.15) is 0 Å². The molecule has 0 aliphatic rings. The van der Waals surface area contributed by atoms with Crippen molar-refractivity contribution in [1.82, 2.24) is 10.6 Å². The predicted octanol–water partition coefficient (Wildman–Crippen LogP) is 12.4. The lowest BCUT2D eigenvalue weighted by atomic mass is 10.0. The van der Waals surface area contributed by atoms with Crippen LogP contribution in [0.4, 0.5) is 0 Å². The molecule has 10 nitrogen and oxygen atoms in total. The Kier molecular flexibility index (Phi) is 49.0. The van der Waals surface area contributed by atoms with E-state index >= 15 is 0 Å². The molecular weight excluding hydrogens is 785 g/mol. The quantitative estimate of drug-likeness (QED) is 0.0271. The molecule has 61 heavy (non-hydrogen) atoms. The Hall–Kier alpha value is -1.27. The van der Waals surface area contributed by atoms with Crippen LogP contribution in [-0.2, 0) is 20.0 Å². The van der Waals surface area contributed by atoms with Gasteiger partial charge in [0.1, 0.15) is 0 Å². The van der Waals surface area contributed by atoms with E-state index in [4.69, 9.17) is 17.5 Å². The molecule has 0 aromatic carbocycles. The Morgan fingerprint density at radius 3 is 0.738 bits per heavy atom. The van der Waals surface area contributed by atoms with Crippen molar-refractivity contribution in [3.05, 3.63) is 0 Å². The standard InChI is InChI=1S/2C25H52N2O.H2O4S/c2*1-5-8-9-10-11-12-13-14-15-16-17-18-19-20-21-22-25(28)26-23-24-27(4,6-2)7-3;1-5(2,3)4/h2*5-24H2,1-4H3;(H2,1,2,3,4). The van der Waals surface area contributed by atoms with Crippen LogP contribution in [0.2, 0.25) is 0 Å². The first-order valence-corrected chi connectivity index (χ1v) is 27.4. The van der Waals surface area contributed by atoms with Crippen molar-refractivity contribution in [1.29, 1.82) is 0 Å². The van der Waals surface area contributed by atoms with Gasteiger partial charge in [0, 0.05) is 23.2 Å². The molecule has 0 bridgehead atoms. The maximum absolute atomic E-state index is 11.9. The molecule has 2 amide bonds. The Morgan fingerprint density at radius 1 is 0.377 bits per heavy atom. The van der Waals surface area contributed by atoms with Crippen LogP contribution in [-0.4, -0.2) is 105 Å². The lowest BCUT2D eigenvalue weighted by Crippen LogP contribution is -2.48. The van der Waals surface area contributed by atoms with Gasteiger partial charge in [0.2, 0.25) is 11.8 Å². The van der Waals surface area contributed by atoms with Crippen LogP contribution < -0.4 is 10.6 Å². The Bertz CT molecular complexity index is 963. The van der Waals surface area contributed by atoms with E-state index in [1.165, 1.54) is 180 Å². The first-order valence-electron chi connectivity index (χ1n) is 26.0. The number of hydrogen-bond donors (Lipinski definition) is 2. The fraction of sp³-hybridized carbons (Fsp3) is 0.960. The molecule has 0 saturated carbocycles. The van der Waals surface area contributed by atoms with E-state index in [1.54, 1.807) is 0 Å². The molecular formula is C50H106N4O6S. The Labute approximate surface area is 381 Å². The van der Waals surface area contributed by atoms with Gasteiger partial charge < -0.3 is 28.7 Å². The summed E-state index contributed by atoms with van der Waals surface area (Å²) in [5.41, 5.74) is 0. The summed E-state index contributed by atoms with van der Waals surface area (Å²) in [6.07, 6.45) is 42.5. The minimum absolute atomic E-state index is 0.244. The summed E-state index contributed by atoms with van der Waals surface area (Å²) >= 11 is 0. The van der Waals surface area contributed by atoms with Crippen LogP contribution in [0.15, 0.2) is 0 Å². The van der Waals surface area contributed by atoms with Crippen molar-refractivity contribution in [2.45, 2.75) is 247 Å². The summed E-state index contributed by atoms with van der Waals surface area (Å²) in [5.74, 6) is 0.488. The zero-order chi connectivity index (χ0) is 46.4. The molecule has 0 rings (SSSR count). The van der Waals surface area contributed by atoms with Gasteiger partial charge in [-0.15, -0.1) is 0 Å². The third-order valence-corrected chi connectivity index (χ3v) is 13.0. The second-order valence-corrected chi connectivity index (χ2v) is 19.3. The van der Waals surface area contributed by atoms with Crippen molar-refractivity contribution >= 4 is 22.2 Å². The molecule has 0 radical (unpaired) electrons. The van der Waals surface area contributed by atoms with Crippen LogP contribution in [0.3, 0.4) is 0 Å². The van der Waals surface area contributed by atoms with Gasteiger partial charge in [0.15, 0.2) is 0 Å². The van der Waals surface area contributed by atoms with E-state index in [0.717, 1.165) is 74.2 Å². The average molecular weight is 891 g/mol. The molecule has 0 aliphatic heterocycles. The van der Waals surface area contributed by atoms with Crippen LogP contribution in [0.5, 0.6) is 0 Å². The zero-order valence-electron chi connectivity index (χ0n) is 42.0. The summed E-state index contributed by atoms with van der Waals surface area (Å²) < 4.78 is 36.2. The van der Waals surface area contributed by atoms with E-state index in [9.17, 15) is 9.59 Å². The Balaban J connectivity index is -0.000000991. The SMILES string of the molecule is CCCCCCCCCCCCCCCCCC(=O)NCC[N+](C)(CC)CC.CCCCCCCCCCCCCCCCCC(=O)NCC[N+](C)(CC)CC.O=S(=O)([O-])[O-]. The fourth-order valence-corrected chi connectivity index (χ4v) is 7.50. The summed E-state index contributed by atoms with van der Waals surface area (Å²) in [5, 5.41) is 6.20. The highest BCUT2D eigenvalue weighted by atomic mass is 32.3. The number of carbonyl (C=O) groups excluding carboxylic acids is 2. The van der Waals surface area contributed by atoms with Crippen molar-refractivity contribution in [3.63, 3.8) is 0 Å². The van der Waals surface area contributed by atoms with Crippen LogP contribution in [0.1, 0.15) is 247 Å². The number of hydrogen-bond acceptors (Lipinski definition) is 6. The van der Waals surface area contributed by atoms with E-state index in [1.807, 2.05) is 0 Å². The highest BCUT2D eigenvalue weighted by Crippen LogP contribution is 2.15. The molecule has 0 unspecified atom stereocenters. The van der Waals surface area contributed by atoms with Crippen molar-refractivity contribution in [2.24, 2.45) is 0 Å². The summed E-state index contributed by atoms with van der Waals surface area (Å²) in [4.78, 5) is 23.8. The number of rotatable bonds is 42. The van der Waals surface area contributed by atoms with Crippen molar-refractivity contribution < 1.29 is 36.1 Å². The van der Waals surface area contributed by atoms with Gasteiger partial charge in [-0.25, -0.2) is 0 Å². The van der Waals surface area contributed by atoms with Gasteiger partial charge in [-0.1, -0.05) is 194 Å². The van der Waals surface area contributed by atoms with Crippen molar-refractivity contribution in [3.8, 4) is 0 Å². The largest absolute Gasteiger partial charge is 0.759 e. The number of unbranched alkanes of at least 4 members (excludes halogenated alkanes) is 28. The number of amides is 2. The van der Waals surface area contributed by atoms with E-state index < -0.39 is 10.4 Å². The number of likely N-dealkylation sites (N-methyl/N-ethyl adjacent to an activating group) is 2. The zero-order valence-corrected chi connectivity index (χ0v) is 42.9. The highest BCUT2D eigenvalue weighted by molar-refractivity contribution is 7.79. The second-order valence-electron chi connectivity index (χ2n) is 18.5. The maximum atomic E-state index is 11.9. The molecule has 0 atom stereocenters. The monoisotopic (exact) mass is 891 g/mol.